The van der Waals surface area contributed by atoms with Crippen LogP contribution < -0.4 is 0 Å². The molecule has 0 spiro atoms. The van der Waals surface area contributed by atoms with Gasteiger partial charge in [-0.25, -0.2) is 0 Å². The van der Waals surface area contributed by atoms with Crippen LogP contribution in [0.25, 0.3) is 0 Å². The molecule has 106 valence electrons. The van der Waals surface area contributed by atoms with Crippen LogP contribution in [0.2, 0.25) is 10.0 Å². The predicted octanol–water partition coefficient (Wildman–Crippen LogP) is 4.43. The molecule has 1 aromatic rings. The molecule has 0 bridgehead atoms. The summed E-state index contributed by atoms with van der Waals surface area (Å²) >= 11 is 11.8. The standard InChI is InChI=1S/C15H21Cl2NO/c1-11(2)10-18(3)15(19)6-4-5-12-7-8-13(16)14(17)9-12/h7-9,11H,4-6,10H2,1-3H3. The largest absolute Gasteiger partial charge is 0.346 e. The summed E-state index contributed by atoms with van der Waals surface area (Å²) < 4.78 is 0. The Hall–Kier alpha value is -0.730. The van der Waals surface area contributed by atoms with E-state index in [4.69, 9.17) is 23.2 Å². The van der Waals surface area contributed by atoms with E-state index >= 15 is 0 Å². The molecule has 0 saturated carbocycles. The fourth-order valence-corrected chi connectivity index (χ4v) is 2.30. The van der Waals surface area contributed by atoms with Crippen molar-refractivity contribution in [2.45, 2.75) is 33.1 Å². The quantitative estimate of drug-likeness (QED) is 0.761. The number of aryl methyl sites for hydroxylation is 1. The second-order valence-corrected chi connectivity index (χ2v) is 6.08. The van der Waals surface area contributed by atoms with E-state index in [-0.39, 0.29) is 5.91 Å². The lowest BCUT2D eigenvalue weighted by molar-refractivity contribution is -0.130. The van der Waals surface area contributed by atoms with Gasteiger partial charge in [-0.05, 0) is 36.5 Å². The SMILES string of the molecule is CC(C)CN(C)C(=O)CCCc1ccc(Cl)c(Cl)c1. The summed E-state index contributed by atoms with van der Waals surface area (Å²) in [6.45, 7) is 5.03. The molecular weight excluding hydrogens is 281 g/mol. The summed E-state index contributed by atoms with van der Waals surface area (Å²) in [6.07, 6.45) is 2.25. The van der Waals surface area contributed by atoms with Crippen LogP contribution in [-0.4, -0.2) is 24.4 Å². The molecule has 0 saturated heterocycles. The van der Waals surface area contributed by atoms with Crippen LogP contribution in [0, 0.1) is 5.92 Å². The van der Waals surface area contributed by atoms with Crippen LogP contribution in [0.4, 0.5) is 0 Å². The van der Waals surface area contributed by atoms with Crippen LogP contribution >= 0.6 is 23.2 Å². The first-order valence-corrected chi connectivity index (χ1v) is 7.33. The highest BCUT2D eigenvalue weighted by Crippen LogP contribution is 2.23. The fraction of sp³-hybridized carbons (Fsp3) is 0.533. The van der Waals surface area contributed by atoms with Crippen molar-refractivity contribution in [2.75, 3.05) is 13.6 Å². The van der Waals surface area contributed by atoms with Crippen molar-refractivity contribution in [3.8, 4) is 0 Å². The minimum atomic E-state index is 0.203. The summed E-state index contributed by atoms with van der Waals surface area (Å²) in [4.78, 5) is 13.7. The Morgan fingerprint density at radius 1 is 1.26 bits per heavy atom. The lowest BCUT2D eigenvalue weighted by Crippen LogP contribution is -2.30. The molecule has 0 radical (unpaired) electrons. The molecule has 0 heterocycles. The Morgan fingerprint density at radius 2 is 1.95 bits per heavy atom. The first-order chi connectivity index (χ1) is 8.90. The second kappa shape index (κ2) is 7.76. The maximum atomic E-state index is 11.9. The van der Waals surface area contributed by atoms with Gasteiger partial charge in [-0.1, -0.05) is 43.1 Å². The summed E-state index contributed by atoms with van der Waals surface area (Å²) in [5.74, 6) is 0.706. The average molecular weight is 302 g/mol. The van der Waals surface area contributed by atoms with Crippen LogP contribution in [0.1, 0.15) is 32.3 Å². The van der Waals surface area contributed by atoms with Gasteiger partial charge in [0.05, 0.1) is 10.0 Å². The summed E-state index contributed by atoms with van der Waals surface area (Å²) in [5, 5.41) is 1.14. The lowest BCUT2D eigenvalue weighted by atomic mass is 10.1. The van der Waals surface area contributed by atoms with Crippen molar-refractivity contribution in [3.05, 3.63) is 33.8 Å². The maximum Gasteiger partial charge on any atom is 0.222 e. The van der Waals surface area contributed by atoms with Crippen molar-refractivity contribution in [3.63, 3.8) is 0 Å². The molecule has 19 heavy (non-hydrogen) atoms. The van der Waals surface area contributed by atoms with Crippen molar-refractivity contribution in [1.82, 2.24) is 4.90 Å². The molecule has 0 fully saturated rings. The summed E-state index contributed by atoms with van der Waals surface area (Å²) in [7, 11) is 1.86. The number of benzene rings is 1. The maximum absolute atomic E-state index is 11.9. The lowest BCUT2D eigenvalue weighted by Gasteiger charge is -2.19. The molecule has 0 aliphatic rings. The summed E-state index contributed by atoms with van der Waals surface area (Å²) in [5.41, 5.74) is 1.12. The van der Waals surface area contributed by atoms with Gasteiger partial charge in [0.15, 0.2) is 0 Å². The van der Waals surface area contributed by atoms with Crippen molar-refractivity contribution in [1.29, 1.82) is 0 Å². The van der Waals surface area contributed by atoms with Crippen molar-refractivity contribution >= 4 is 29.1 Å². The van der Waals surface area contributed by atoms with Gasteiger partial charge < -0.3 is 4.90 Å². The van der Waals surface area contributed by atoms with Gasteiger partial charge in [-0.2, -0.15) is 0 Å². The molecule has 4 heteroatoms. The van der Waals surface area contributed by atoms with E-state index in [1.807, 2.05) is 19.2 Å². The molecule has 1 aromatic carbocycles. The normalized spacial score (nSPS) is 10.8. The van der Waals surface area contributed by atoms with E-state index < -0.39 is 0 Å². The van der Waals surface area contributed by atoms with Crippen LogP contribution in [0.15, 0.2) is 18.2 Å². The molecule has 1 amide bonds. The third kappa shape index (κ3) is 5.84. The van der Waals surface area contributed by atoms with Crippen LogP contribution in [-0.2, 0) is 11.2 Å². The van der Waals surface area contributed by atoms with Gasteiger partial charge in [0.25, 0.3) is 0 Å². The second-order valence-electron chi connectivity index (χ2n) is 5.27. The molecule has 0 aromatic heterocycles. The number of carbonyl (C=O) groups is 1. The highest BCUT2D eigenvalue weighted by Gasteiger charge is 2.10. The third-order valence-corrected chi connectivity index (χ3v) is 3.64. The molecule has 0 aliphatic carbocycles. The number of halogens is 2. The van der Waals surface area contributed by atoms with Crippen LogP contribution in [0.3, 0.4) is 0 Å². The van der Waals surface area contributed by atoms with E-state index in [2.05, 4.69) is 13.8 Å². The van der Waals surface area contributed by atoms with Gasteiger partial charge in [0, 0.05) is 20.0 Å². The first kappa shape index (κ1) is 16.3. The highest BCUT2D eigenvalue weighted by molar-refractivity contribution is 6.42. The zero-order valence-corrected chi connectivity index (χ0v) is 13.3. The molecule has 1 rings (SSSR count). The Labute approximate surface area is 125 Å². The molecule has 0 atom stereocenters. The molecule has 0 unspecified atom stereocenters. The number of hydrogen-bond acceptors (Lipinski definition) is 1. The smallest absolute Gasteiger partial charge is 0.222 e. The highest BCUT2D eigenvalue weighted by atomic mass is 35.5. The Kier molecular flexibility index (Phi) is 6.67. The van der Waals surface area contributed by atoms with Gasteiger partial charge in [-0.3, -0.25) is 4.79 Å². The van der Waals surface area contributed by atoms with Crippen LogP contribution in [0.5, 0.6) is 0 Å². The van der Waals surface area contributed by atoms with Crippen molar-refractivity contribution < 1.29 is 4.79 Å². The van der Waals surface area contributed by atoms with E-state index in [0.717, 1.165) is 24.9 Å². The minimum Gasteiger partial charge on any atom is -0.346 e. The van der Waals surface area contributed by atoms with Gasteiger partial charge in [0.1, 0.15) is 0 Å². The van der Waals surface area contributed by atoms with E-state index in [0.29, 0.717) is 22.4 Å². The number of hydrogen-bond donors (Lipinski definition) is 0. The predicted molar refractivity (Wildman–Crippen MR) is 81.9 cm³/mol. The van der Waals surface area contributed by atoms with E-state index in [9.17, 15) is 4.79 Å². The minimum absolute atomic E-state index is 0.203. The Morgan fingerprint density at radius 3 is 2.53 bits per heavy atom. The monoisotopic (exact) mass is 301 g/mol. The fourth-order valence-electron chi connectivity index (χ4n) is 1.98. The molecular formula is C15H21Cl2NO. The Bertz CT molecular complexity index is 432. The molecule has 0 aliphatic heterocycles. The number of amides is 1. The number of nitrogens with zero attached hydrogens (tertiary/aromatic N) is 1. The van der Waals surface area contributed by atoms with E-state index in [1.54, 1.807) is 11.0 Å². The average Bonchev–Trinajstić information content (AvgIpc) is 2.32. The van der Waals surface area contributed by atoms with Gasteiger partial charge in [0.2, 0.25) is 5.91 Å². The zero-order chi connectivity index (χ0) is 14.4. The zero-order valence-electron chi connectivity index (χ0n) is 11.7. The number of carbonyl (C=O) groups excluding carboxylic acids is 1. The van der Waals surface area contributed by atoms with Gasteiger partial charge >= 0.3 is 0 Å². The molecule has 2 nitrogen and oxygen atoms in total. The molecule has 0 N–H and O–H groups in total. The Balaban J connectivity index is 2.37. The van der Waals surface area contributed by atoms with Crippen molar-refractivity contribution in [2.24, 2.45) is 5.92 Å². The number of rotatable bonds is 6. The van der Waals surface area contributed by atoms with E-state index in [1.165, 1.54) is 0 Å². The topological polar surface area (TPSA) is 20.3 Å². The third-order valence-electron chi connectivity index (χ3n) is 2.90. The summed E-state index contributed by atoms with van der Waals surface area (Å²) in [6, 6.07) is 5.62. The first-order valence-electron chi connectivity index (χ1n) is 6.58. The van der Waals surface area contributed by atoms with Gasteiger partial charge in [-0.15, -0.1) is 0 Å².